The van der Waals surface area contributed by atoms with Gasteiger partial charge in [-0.25, -0.2) is 9.78 Å². The Morgan fingerprint density at radius 2 is 1.97 bits per heavy atom. The molecule has 4 rings (SSSR count). The number of thiophene rings is 1. The third-order valence-corrected chi connectivity index (χ3v) is 6.34. The average Bonchev–Trinajstić information content (AvgIpc) is 3.19. The van der Waals surface area contributed by atoms with Crippen LogP contribution in [0.5, 0.6) is 5.75 Å². The first kappa shape index (κ1) is 20.4. The highest BCUT2D eigenvalue weighted by atomic mass is 32.1. The van der Waals surface area contributed by atoms with Crippen molar-refractivity contribution in [1.82, 2.24) is 25.1 Å². The smallest absolute Gasteiger partial charge is 0.317 e. The summed E-state index contributed by atoms with van der Waals surface area (Å²) in [6.45, 7) is 5.93. The Kier molecular flexibility index (Phi) is 6.01. The van der Waals surface area contributed by atoms with E-state index in [1.807, 2.05) is 42.2 Å². The third-order valence-electron chi connectivity index (χ3n) is 5.17. The van der Waals surface area contributed by atoms with Crippen LogP contribution >= 0.6 is 11.3 Å². The summed E-state index contributed by atoms with van der Waals surface area (Å²) in [7, 11) is 1.64. The van der Waals surface area contributed by atoms with Crippen molar-refractivity contribution in [3.63, 3.8) is 0 Å². The SMILES string of the molecule is CCNC(=O)N1CCN(Cc2nc3cc(-c4ccc(OC)cc4)sc3c(=O)[nH]2)CC1. The maximum atomic E-state index is 12.6. The number of carbonyl (C=O) groups excluding carboxylic acids is 1. The van der Waals surface area contributed by atoms with Crippen LogP contribution in [0.1, 0.15) is 12.7 Å². The van der Waals surface area contributed by atoms with Crippen molar-refractivity contribution in [3.05, 3.63) is 46.5 Å². The Hall–Kier alpha value is -2.91. The molecular weight excluding hydrogens is 402 g/mol. The van der Waals surface area contributed by atoms with Crippen LogP contribution in [0.4, 0.5) is 4.79 Å². The van der Waals surface area contributed by atoms with Crippen LogP contribution in [0, 0.1) is 0 Å². The van der Waals surface area contributed by atoms with Gasteiger partial charge < -0.3 is 19.9 Å². The zero-order chi connectivity index (χ0) is 21.1. The number of aromatic amines is 1. The third kappa shape index (κ3) is 4.31. The Balaban J connectivity index is 1.48. The van der Waals surface area contributed by atoms with Crippen LogP contribution in [0.3, 0.4) is 0 Å². The monoisotopic (exact) mass is 427 g/mol. The molecule has 1 aliphatic heterocycles. The molecule has 3 aromatic rings. The fourth-order valence-corrected chi connectivity index (χ4v) is 4.54. The minimum Gasteiger partial charge on any atom is -0.497 e. The summed E-state index contributed by atoms with van der Waals surface area (Å²) in [4.78, 5) is 37.2. The van der Waals surface area contributed by atoms with E-state index in [9.17, 15) is 9.59 Å². The summed E-state index contributed by atoms with van der Waals surface area (Å²) in [6, 6.07) is 9.72. The van der Waals surface area contributed by atoms with Gasteiger partial charge in [-0.15, -0.1) is 11.3 Å². The molecule has 1 fully saturated rings. The second-order valence-electron chi connectivity index (χ2n) is 7.16. The molecule has 0 unspecified atom stereocenters. The predicted molar refractivity (Wildman–Crippen MR) is 118 cm³/mol. The number of piperazine rings is 1. The number of benzene rings is 1. The Bertz CT molecular complexity index is 1080. The van der Waals surface area contributed by atoms with Gasteiger partial charge in [-0.05, 0) is 42.8 Å². The number of rotatable bonds is 5. The molecule has 9 heteroatoms. The molecule has 1 saturated heterocycles. The van der Waals surface area contributed by atoms with Crippen LogP contribution < -0.4 is 15.6 Å². The first-order valence-electron chi connectivity index (χ1n) is 9.99. The summed E-state index contributed by atoms with van der Waals surface area (Å²) < 4.78 is 5.84. The lowest BCUT2D eigenvalue weighted by Gasteiger charge is -2.34. The molecule has 1 aromatic carbocycles. The van der Waals surface area contributed by atoms with Crippen LogP contribution in [0.15, 0.2) is 35.1 Å². The van der Waals surface area contributed by atoms with Gasteiger partial charge in [-0.2, -0.15) is 0 Å². The summed E-state index contributed by atoms with van der Waals surface area (Å²) in [5, 5.41) is 2.83. The zero-order valence-electron chi connectivity index (χ0n) is 17.1. The molecule has 158 valence electrons. The molecule has 2 N–H and O–H groups in total. The Morgan fingerprint density at radius 3 is 2.63 bits per heavy atom. The molecule has 0 aliphatic carbocycles. The predicted octanol–water partition coefficient (Wildman–Crippen LogP) is 2.51. The van der Waals surface area contributed by atoms with E-state index in [0.29, 0.717) is 42.2 Å². The number of carbonyl (C=O) groups is 1. The van der Waals surface area contributed by atoms with Crippen LogP contribution in [0.25, 0.3) is 20.7 Å². The summed E-state index contributed by atoms with van der Waals surface area (Å²) in [5.74, 6) is 1.45. The molecule has 0 spiro atoms. The van der Waals surface area contributed by atoms with Gasteiger partial charge in [0.1, 0.15) is 16.3 Å². The van der Waals surface area contributed by atoms with Gasteiger partial charge >= 0.3 is 6.03 Å². The average molecular weight is 428 g/mol. The van der Waals surface area contributed by atoms with Crippen molar-refractivity contribution in [2.24, 2.45) is 0 Å². The fraction of sp³-hybridized carbons (Fsp3) is 0.381. The molecule has 0 saturated carbocycles. The second-order valence-corrected chi connectivity index (χ2v) is 8.22. The van der Waals surface area contributed by atoms with E-state index in [1.54, 1.807) is 7.11 Å². The van der Waals surface area contributed by atoms with E-state index in [1.165, 1.54) is 11.3 Å². The van der Waals surface area contributed by atoms with E-state index >= 15 is 0 Å². The van der Waals surface area contributed by atoms with Crippen LogP contribution in [0.2, 0.25) is 0 Å². The van der Waals surface area contributed by atoms with Gasteiger partial charge in [0.15, 0.2) is 0 Å². The van der Waals surface area contributed by atoms with Crippen LogP contribution in [-0.4, -0.2) is 65.6 Å². The molecule has 0 bridgehead atoms. The van der Waals surface area contributed by atoms with Crippen molar-refractivity contribution in [2.45, 2.75) is 13.5 Å². The summed E-state index contributed by atoms with van der Waals surface area (Å²) >= 11 is 1.44. The zero-order valence-corrected chi connectivity index (χ0v) is 17.9. The van der Waals surface area contributed by atoms with Crippen molar-refractivity contribution in [2.75, 3.05) is 39.8 Å². The van der Waals surface area contributed by atoms with Crippen molar-refractivity contribution in [3.8, 4) is 16.2 Å². The lowest BCUT2D eigenvalue weighted by atomic mass is 10.2. The van der Waals surface area contributed by atoms with Gasteiger partial charge in [0, 0.05) is 37.6 Å². The van der Waals surface area contributed by atoms with Gasteiger partial charge in [-0.3, -0.25) is 9.69 Å². The van der Waals surface area contributed by atoms with Gasteiger partial charge in [0.05, 0.1) is 19.2 Å². The Morgan fingerprint density at radius 1 is 1.23 bits per heavy atom. The molecule has 0 radical (unpaired) electrons. The minimum atomic E-state index is -0.110. The number of urea groups is 1. The number of fused-ring (bicyclic) bond motifs is 1. The molecule has 3 heterocycles. The number of methoxy groups -OCH3 is 1. The highest BCUT2D eigenvalue weighted by Crippen LogP contribution is 2.31. The topological polar surface area (TPSA) is 90.6 Å². The number of hydrogen-bond acceptors (Lipinski definition) is 6. The van der Waals surface area contributed by atoms with Crippen molar-refractivity contribution < 1.29 is 9.53 Å². The van der Waals surface area contributed by atoms with Crippen molar-refractivity contribution in [1.29, 1.82) is 0 Å². The van der Waals surface area contributed by atoms with Gasteiger partial charge in [0.2, 0.25) is 0 Å². The molecule has 1 aliphatic rings. The molecule has 8 nitrogen and oxygen atoms in total. The fourth-order valence-electron chi connectivity index (χ4n) is 3.54. The van der Waals surface area contributed by atoms with E-state index in [-0.39, 0.29) is 11.6 Å². The number of hydrogen-bond donors (Lipinski definition) is 2. The molecule has 2 amide bonds. The molecule has 0 atom stereocenters. The molecular formula is C21H25N5O3S. The first-order chi connectivity index (χ1) is 14.6. The highest BCUT2D eigenvalue weighted by Gasteiger charge is 2.21. The highest BCUT2D eigenvalue weighted by molar-refractivity contribution is 7.22. The maximum absolute atomic E-state index is 12.6. The first-order valence-corrected chi connectivity index (χ1v) is 10.8. The maximum Gasteiger partial charge on any atom is 0.317 e. The van der Waals surface area contributed by atoms with Gasteiger partial charge in [-0.1, -0.05) is 0 Å². The second kappa shape index (κ2) is 8.85. The summed E-state index contributed by atoms with van der Waals surface area (Å²) in [5.41, 5.74) is 1.63. The number of nitrogens with one attached hydrogen (secondary N) is 2. The quantitative estimate of drug-likeness (QED) is 0.653. The lowest BCUT2D eigenvalue weighted by Crippen LogP contribution is -2.51. The number of aromatic nitrogens is 2. The lowest BCUT2D eigenvalue weighted by molar-refractivity contribution is 0.134. The molecule has 30 heavy (non-hydrogen) atoms. The minimum absolute atomic E-state index is 0.0190. The van der Waals surface area contributed by atoms with Gasteiger partial charge in [0.25, 0.3) is 5.56 Å². The van der Waals surface area contributed by atoms with E-state index in [0.717, 1.165) is 29.3 Å². The number of ether oxygens (including phenoxy) is 1. The number of amides is 2. The largest absolute Gasteiger partial charge is 0.497 e. The van der Waals surface area contributed by atoms with Crippen LogP contribution in [-0.2, 0) is 6.54 Å². The van der Waals surface area contributed by atoms with E-state index in [4.69, 9.17) is 4.74 Å². The normalized spacial score (nSPS) is 14.8. The summed E-state index contributed by atoms with van der Waals surface area (Å²) in [6.07, 6.45) is 0. The number of nitrogens with zero attached hydrogens (tertiary/aromatic N) is 3. The van der Waals surface area contributed by atoms with E-state index < -0.39 is 0 Å². The Labute approximate surface area is 178 Å². The number of H-pyrrole nitrogens is 1. The van der Waals surface area contributed by atoms with E-state index in [2.05, 4.69) is 20.2 Å². The standard InChI is InChI=1S/C21H25N5O3S/c1-3-22-21(28)26-10-8-25(9-11-26)13-18-23-16-12-17(30-19(16)20(27)24-18)14-4-6-15(29-2)7-5-14/h4-7,12H,3,8-11,13H2,1-2H3,(H,22,28)(H,23,24,27). The van der Waals surface area contributed by atoms with Crippen molar-refractivity contribution >= 4 is 27.6 Å². The molecule has 2 aromatic heterocycles.